The van der Waals surface area contributed by atoms with E-state index in [-0.39, 0.29) is 17.9 Å². The standard InChI is InChI=1S/C29H27BrN4O5/c1-4-8-21-13-20(17-31-33-27(5-2)32-25-12-11-22(30)16-24(25)29(33)35)15-26(38-6-3)28(21)39-18-19-9-7-10-23(14-19)34(36)37/h4,7,9-17H,1,5-6,8,18H2,2-3H3. The second-order valence-electron chi connectivity index (χ2n) is 8.55. The van der Waals surface area contributed by atoms with Gasteiger partial charge in [-0.15, -0.1) is 6.58 Å². The molecule has 0 N–H and O–H groups in total. The second kappa shape index (κ2) is 12.5. The molecule has 0 bridgehead atoms. The van der Waals surface area contributed by atoms with Crippen molar-refractivity contribution in [2.75, 3.05) is 6.61 Å². The van der Waals surface area contributed by atoms with Crippen LogP contribution in [0.5, 0.6) is 11.5 Å². The van der Waals surface area contributed by atoms with Crippen LogP contribution in [-0.4, -0.2) is 27.4 Å². The number of allylic oxidation sites excluding steroid dienone is 1. The molecule has 0 atom stereocenters. The third kappa shape index (κ3) is 6.40. The quantitative estimate of drug-likeness (QED) is 0.0887. The zero-order chi connectivity index (χ0) is 27.9. The van der Waals surface area contributed by atoms with Crippen LogP contribution >= 0.6 is 15.9 Å². The minimum absolute atomic E-state index is 0.00349. The Morgan fingerprint density at radius 2 is 1.97 bits per heavy atom. The zero-order valence-corrected chi connectivity index (χ0v) is 23.2. The molecule has 1 aromatic heterocycles. The van der Waals surface area contributed by atoms with Gasteiger partial charge in [-0.3, -0.25) is 14.9 Å². The fraction of sp³-hybridized carbons (Fsp3) is 0.207. The first-order valence-corrected chi connectivity index (χ1v) is 13.2. The van der Waals surface area contributed by atoms with E-state index in [2.05, 4.69) is 32.6 Å². The van der Waals surface area contributed by atoms with Gasteiger partial charge in [-0.25, -0.2) is 4.98 Å². The number of fused-ring (bicyclic) bond motifs is 1. The Kier molecular flexibility index (Phi) is 8.88. The number of aryl methyl sites for hydroxylation is 1. The molecular weight excluding hydrogens is 564 g/mol. The summed E-state index contributed by atoms with van der Waals surface area (Å²) < 4.78 is 14.1. The van der Waals surface area contributed by atoms with Gasteiger partial charge in [-0.2, -0.15) is 9.78 Å². The van der Waals surface area contributed by atoms with Crippen molar-refractivity contribution in [2.24, 2.45) is 5.10 Å². The highest BCUT2D eigenvalue weighted by Gasteiger charge is 2.15. The van der Waals surface area contributed by atoms with Gasteiger partial charge in [-0.1, -0.05) is 41.1 Å². The molecule has 0 saturated carbocycles. The molecule has 39 heavy (non-hydrogen) atoms. The Balaban J connectivity index is 1.72. The maximum Gasteiger partial charge on any atom is 0.282 e. The molecule has 0 spiro atoms. The van der Waals surface area contributed by atoms with Crippen molar-refractivity contribution >= 4 is 38.7 Å². The molecule has 4 aromatic rings. The summed E-state index contributed by atoms with van der Waals surface area (Å²) >= 11 is 3.41. The Bertz CT molecular complexity index is 1630. The molecule has 9 nitrogen and oxygen atoms in total. The van der Waals surface area contributed by atoms with Crippen LogP contribution in [0.15, 0.2) is 81.6 Å². The lowest BCUT2D eigenvalue weighted by Gasteiger charge is -2.17. The highest BCUT2D eigenvalue weighted by Crippen LogP contribution is 2.34. The van der Waals surface area contributed by atoms with E-state index in [1.807, 2.05) is 26.0 Å². The Morgan fingerprint density at radius 3 is 2.69 bits per heavy atom. The number of nitro groups is 1. The number of rotatable bonds is 11. The van der Waals surface area contributed by atoms with E-state index >= 15 is 0 Å². The number of hydrogen-bond donors (Lipinski definition) is 0. The monoisotopic (exact) mass is 590 g/mol. The van der Waals surface area contributed by atoms with E-state index in [1.165, 1.54) is 16.8 Å². The van der Waals surface area contributed by atoms with Crippen LogP contribution < -0.4 is 15.0 Å². The van der Waals surface area contributed by atoms with E-state index in [4.69, 9.17) is 9.47 Å². The van der Waals surface area contributed by atoms with Crippen molar-refractivity contribution in [3.63, 3.8) is 0 Å². The molecule has 0 fully saturated rings. The van der Waals surface area contributed by atoms with Crippen LogP contribution in [-0.2, 0) is 19.4 Å². The van der Waals surface area contributed by atoms with Gasteiger partial charge in [0.15, 0.2) is 11.5 Å². The predicted octanol–water partition coefficient (Wildman–Crippen LogP) is 6.22. The minimum atomic E-state index is -0.439. The van der Waals surface area contributed by atoms with Gasteiger partial charge in [0.1, 0.15) is 12.4 Å². The molecule has 0 saturated heterocycles. The predicted molar refractivity (Wildman–Crippen MR) is 155 cm³/mol. The van der Waals surface area contributed by atoms with Crippen molar-refractivity contribution in [2.45, 2.75) is 33.3 Å². The first-order chi connectivity index (χ1) is 18.8. The normalized spacial score (nSPS) is 11.2. The summed E-state index contributed by atoms with van der Waals surface area (Å²) in [5.74, 6) is 1.55. The second-order valence-corrected chi connectivity index (χ2v) is 9.47. The minimum Gasteiger partial charge on any atom is -0.490 e. The van der Waals surface area contributed by atoms with E-state index in [9.17, 15) is 14.9 Å². The molecule has 0 unspecified atom stereocenters. The molecule has 1 heterocycles. The van der Waals surface area contributed by atoms with Crippen LogP contribution in [0.3, 0.4) is 0 Å². The molecule has 3 aromatic carbocycles. The highest BCUT2D eigenvalue weighted by molar-refractivity contribution is 9.10. The zero-order valence-electron chi connectivity index (χ0n) is 21.6. The van der Waals surface area contributed by atoms with Crippen LogP contribution in [0.25, 0.3) is 10.9 Å². The van der Waals surface area contributed by atoms with E-state index in [0.29, 0.717) is 58.8 Å². The van der Waals surface area contributed by atoms with Gasteiger partial charge in [0.25, 0.3) is 11.2 Å². The van der Waals surface area contributed by atoms with Gasteiger partial charge < -0.3 is 9.47 Å². The Morgan fingerprint density at radius 1 is 1.15 bits per heavy atom. The number of aromatic nitrogens is 2. The van der Waals surface area contributed by atoms with Crippen LogP contribution in [0.1, 0.15) is 36.4 Å². The summed E-state index contributed by atoms with van der Waals surface area (Å²) in [5, 5.41) is 16.1. The number of non-ortho nitro benzene ring substituents is 1. The summed E-state index contributed by atoms with van der Waals surface area (Å²) in [5.41, 5.74) is 2.50. The SMILES string of the molecule is C=CCc1cc(C=Nn2c(CC)nc3ccc(Br)cc3c2=O)cc(OCC)c1OCc1cccc([N+](=O)[O-])c1. The number of benzene rings is 3. The largest absolute Gasteiger partial charge is 0.490 e. The molecule has 0 radical (unpaired) electrons. The molecule has 0 amide bonds. The van der Waals surface area contributed by atoms with Crippen molar-refractivity contribution in [1.82, 2.24) is 9.66 Å². The summed E-state index contributed by atoms with van der Waals surface area (Å²) in [6.45, 7) is 8.15. The van der Waals surface area contributed by atoms with Crippen molar-refractivity contribution in [3.8, 4) is 11.5 Å². The van der Waals surface area contributed by atoms with Crippen LogP contribution in [0.4, 0.5) is 5.69 Å². The number of halogens is 1. The first-order valence-electron chi connectivity index (χ1n) is 12.4. The average Bonchev–Trinajstić information content (AvgIpc) is 2.92. The topological polar surface area (TPSA) is 109 Å². The molecule has 10 heteroatoms. The lowest BCUT2D eigenvalue weighted by Crippen LogP contribution is -2.22. The van der Waals surface area contributed by atoms with Gasteiger partial charge in [-0.05, 0) is 54.8 Å². The average molecular weight is 591 g/mol. The van der Waals surface area contributed by atoms with Gasteiger partial charge >= 0.3 is 0 Å². The summed E-state index contributed by atoms with van der Waals surface area (Å²) in [6.07, 6.45) is 4.34. The lowest BCUT2D eigenvalue weighted by atomic mass is 10.1. The molecule has 0 aliphatic rings. The van der Waals surface area contributed by atoms with Crippen LogP contribution in [0.2, 0.25) is 0 Å². The Labute approximate surface area is 233 Å². The van der Waals surface area contributed by atoms with Crippen molar-refractivity contribution < 1.29 is 14.4 Å². The third-order valence-electron chi connectivity index (χ3n) is 5.84. The third-order valence-corrected chi connectivity index (χ3v) is 6.33. The molecule has 0 aliphatic carbocycles. The van der Waals surface area contributed by atoms with E-state index in [1.54, 1.807) is 42.6 Å². The van der Waals surface area contributed by atoms with Gasteiger partial charge in [0.2, 0.25) is 0 Å². The highest BCUT2D eigenvalue weighted by atomic mass is 79.9. The molecule has 0 aliphatic heterocycles. The fourth-order valence-corrected chi connectivity index (χ4v) is 4.44. The molecular formula is C29H27BrN4O5. The number of hydrogen-bond acceptors (Lipinski definition) is 7. The van der Waals surface area contributed by atoms with E-state index in [0.717, 1.165) is 10.0 Å². The summed E-state index contributed by atoms with van der Waals surface area (Å²) in [7, 11) is 0. The van der Waals surface area contributed by atoms with Gasteiger partial charge in [0, 0.05) is 28.6 Å². The van der Waals surface area contributed by atoms with E-state index < -0.39 is 4.92 Å². The number of nitrogens with zero attached hydrogens (tertiary/aromatic N) is 4. The Hall–Kier alpha value is -4.31. The number of nitro benzene ring substituents is 1. The smallest absolute Gasteiger partial charge is 0.282 e. The van der Waals surface area contributed by atoms with Crippen molar-refractivity contribution in [1.29, 1.82) is 0 Å². The maximum absolute atomic E-state index is 13.2. The summed E-state index contributed by atoms with van der Waals surface area (Å²) in [4.78, 5) is 28.6. The van der Waals surface area contributed by atoms with Crippen LogP contribution in [0, 0.1) is 10.1 Å². The lowest BCUT2D eigenvalue weighted by molar-refractivity contribution is -0.384. The van der Waals surface area contributed by atoms with Gasteiger partial charge in [0.05, 0.1) is 28.6 Å². The maximum atomic E-state index is 13.2. The summed E-state index contributed by atoms with van der Waals surface area (Å²) in [6, 6.07) is 15.4. The van der Waals surface area contributed by atoms with Crippen molar-refractivity contribution in [3.05, 3.63) is 115 Å². The first kappa shape index (κ1) is 27.7. The molecule has 200 valence electrons. The fourth-order valence-electron chi connectivity index (χ4n) is 4.07. The molecule has 4 rings (SSSR count). The number of ether oxygens (including phenoxy) is 2.